The molecule has 0 aliphatic rings. The van der Waals surface area contributed by atoms with Gasteiger partial charge in [-0.05, 0) is 25.1 Å². The van der Waals surface area contributed by atoms with E-state index in [1.165, 1.54) is 0 Å². The summed E-state index contributed by atoms with van der Waals surface area (Å²) < 4.78 is 5.41. The minimum atomic E-state index is -0.0381. The molecule has 1 amide bonds. The maximum absolute atomic E-state index is 11.8. The van der Waals surface area contributed by atoms with Gasteiger partial charge in [-0.2, -0.15) is 0 Å². The fourth-order valence-corrected chi connectivity index (χ4v) is 1.87. The molecule has 0 radical (unpaired) electrons. The molecule has 1 heterocycles. The number of hydrogen-bond acceptors (Lipinski definition) is 4. The molecule has 102 valence electrons. The van der Waals surface area contributed by atoms with Crippen LogP contribution in [0.3, 0.4) is 0 Å². The van der Waals surface area contributed by atoms with Gasteiger partial charge in [-0.3, -0.25) is 9.69 Å². The highest BCUT2D eigenvalue weighted by Crippen LogP contribution is 2.20. The van der Waals surface area contributed by atoms with E-state index in [-0.39, 0.29) is 11.9 Å². The summed E-state index contributed by atoms with van der Waals surface area (Å²) in [5.74, 6) is 0.894. The first-order valence-electron chi connectivity index (χ1n) is 6.27. The van der Waals surface area contributed by atoms with Crippen molar-refractivity contribution in [1.29, 1.82) is 0 Å². The van der Waals surface area contributed by atoms with Crippen molar-refractivity contribution >= 4 is 5.91 Å². The number of hydrogen-bond donors (Lipinski definition) is 1. The van der Waals surface area contributed by atoms with Gasteiger partial charge in [-0.15, -0.1) is 0 Å². The summed E-state index contributed by atoms with van der Waals surface area (Å²) in [6.07, 6.45) is 2.60. The Labute approximate surface area is 109 Å². The Morgan fingerprint density at radius 3 is 2.67 bits per heavy atom. The smallest absolute Gasteiger partial charge is 0.236 e. The number of nitrogens with two attached hydrogens (primary N) is 1. The molecule has 2 N–H and O–H groups in total. The van der Waals surface area contributed by atoms with Crippen LogP contribution in [0, 0.1) is 0 Å². The first-order valence-corrected chi connectivity index (χ1v) is 6.27. The van der Waals surface area contributed by atoms with Gasteiger partial charge in [0.15, 0.2) is 0 Å². The molecular weight excluding hydrogens is 230 g/mol. The lowest BCUT2D eigenvalue weighted by atomic mass is 10.1. The van der Waals surface area contributed by atoms with Crippen LogP contribution >= 0.6 is 0 Å². The van der Waals surface area contributed by atoms with Gasteiger partial charge in [-0.25, -0.2) is 0 Å². The summed E-state index contributed by atoms with van der Waals surface area (Å²) in [5.41, 5.74) is 5.82. The number of furan rings is 1. The second-order valence-corrected chi connectivity index (χ2v) is 4.53. The first-order chi connectivity index (χ1) is 8.60. The van der Waals surface area contributed by atoms with E-state index in [9.17, 15) is 4.79 Å². The lowest BCUT2D eigenvalue weighted by Gasteiger charge is -2.29. The third-order valence-corrected chi connectivity index (χ3v) is 2.88. The second-order valence-electron chi connectivity index (χ2n) is 4.53. The molecule has 1 aromatic heterocycles. The molecule has 1 atom stereocenters. The predicted octanol–water partition coefficient (Wildman–Crippen LogP) is 1.08. The first kappa shape index (κ1) is 14.7. The summed E-state index contributed by atoms with van der Waals surface area (Å²) in [5, 5.41) is 0. The van der Waals surface area contributed by atoms with Crippen molar-refractivity contribution in [1.82, 2.24) is 9.80 Å². The van der Waals surface area contributed by atoms with Crippen LogP contribution in [0.4, 0.5) is 0 Å². The van der Waals surface area contributed by atoms with Crippen LogP contribution in [0.15, 0.2) is 22.8 Å². The minimum absolute atomic E-state index is 0.0381. The van der Waals surface area contributed by atoms with E-state index in [1.807, 2.05) is 12.1 Å². The van der Waals surface area contributed by atoms with Crippen molar-refractivity contribution in [2.24, 2.45) is 5.73 Å². The van der Waals surface area contributed by atoms with Gasteiger partial charge in [0.1, 0.15) is 5.76 Å². The largest absolute Gasteiger partial charge is 0.468 e. The summed E-state index contributed by atoms with van der Waals surface area (Å²) in [6.45, 7) is 3.71. The van der Waals surface area contributed by atoms with Gasteiger partial charge in [0, 0.05) is 20.6 Å². The molecule has 0 saturated carbocycles. The molecule has 18 heavy (non-hydrogen) atoms. The van der Waals surface area contributed by atoms with Crippen molar-refractivity contribution in [3.8, 4) is 0 Å². The minimum Gasteiger partial charge on any atom is -0.468 e. The summed E-state index contributed by atoms with van der Waals surface area (Å²) >= 11 is 0. The maximum atomic E-state index is 11.8. The van der Waals surface area contributed by atoms with Crippen LogP contribution in [0.1, 0.15) is 25.1 Å². The Kier molecular flexibility index (Phi) is 5.88. The Hall–Kier alpha value is -1.33. The number of carbonyl (C=O) groups is 1. The second kappa shape index (κ2) is 7.18. The molecule has 1 aromatic rings. The topological polar surface area (TPSA) is 62.7 Å². The summed E-state index contributed by atoms with van der Waals surface area (Å²) in [6, 6.07) is 3.71. The number of nitrogens with zero attached hydrogens (tertiary/aromatic N) is 2. The summed E-state index contributed by atoms with van der Waals surface area (Å²) in [4.78, 5) is 15.5. The highest BCUT2D eigenvalue weighted by Gasteiger charge is 2.23. The Balaban J connectivity index is 2.78. The highest BCUT2D eigenvalue weighted by molar-refractivity contribution is 5.77. The van der Waals surface area contributed by atoms with E-state index < -0.39 is 0 Å². The molecule has 0 aliphatic heterocycles. The third kappa shape index (κ3) is 3.85. The van der Waals surface area contributed by atoms with Crippen LogP contribution in [0.25, 0.3) is 0 Å². The van der Waals surface area contributed by atoms with Crippen molar-refractivity contribution in [2.75, 3.05) is 33.7 Å². The van der Waals surface area contributed by atoms with Crippen LogP contribution in [0.2, 0.25) is 0 Å². The van der Waals surface area contributed by atoms with Crippen molar-refractivity contribution in [3.05, 3.63) is 24.2 Å². The van der Waals surface area contributed by atoms with E-state index in [0.29, 0.717) is 13.1 Å². The van der Waals surface area contributed by atoms with E-state index in [4.69, 9.17) is 10.2 Å². The van der Waals surface area contributed by atoms with E-state index in [2.05, 4.69) is 11.8 Å². The molecule has 5 heteroatoms. The molecule has 0 aromatic carbocycles. The van der Waals surface area contributed by atoms with Crippen LogP contribution in [0.5, 0.6) is 0 Å². The normalized spacial score (nSPS) is 12.7. The van der Waals surface area contributed by atoms with Gasteiger partial charge >= 0.3 is 0 Å². The van der Waals surface area contributed by atoms with Crippen molar-refractivity contribution < 1.29 is 9.21 Å². The van der Waals surface area contributed by atoms with Gasteiger partial charge in [0.2, 0.25) is 5.91 Å². The van der Waals surface area contributed by atoms with Gasteiger partial charge < -0.3 is 15.1 Å². The lowest BCUT2D eigenvalue weighted by Crippen LogP contribution is -2.41. The number of rotatable bonds is 7. The van der Waals surface area contributed by atoms with Crippen LogP contribution in [-0.2, 0) is 4.79 Å². The average Bonchev–Trinajstić information content (AvgIpc) is 2.83. The Morgan fingerprint density at radius 2 is 2.22 bits per heavy atom. The Bertz CT molecular complexity index is 349. The van der Waals surface area contributed by atoms with Crippen LogP contribution in [-0.4, -0.2) is 49.4 Å². The molecule has 1 rings (SSSR count). The monoisotopic (exact) mass is 253 g/mol. The fourth-order valence-electron chi connectivity index (χ4n) is 1.87. The lowest BCUT2D eigenvalue weighted by molar-refractivity contribution is -0.130. The molecule has 0 fully saturated rings. The van der Waals surface area contributed by atoms with E-state index >= 15 is 0 Å². The molecule has 0 saturated heterocycles. The van der Waals surface area contributed by atoms with Gasteiger partial charge in [-0.1, -0.05) is 6.92 Å². The average molecular weight is 253 g/mol. The quantitative estimate of drug-likeness (QED) is 0.790. The zero-order valence-electron chi connectivity index (χ0n) is 11.4. The Morgan fingerprint density at radius 1 is 1.50 bits per heavy atom. The fraction of sp³-hybridized carbons (Fsp3) is 0.615. The molecular formula is C13H23N3O2. The van der Waals surface area contributed by atoms with Gasteiger partial charge in [0.25, 0.3) is 0 Å². The van der Waals surface area contributed by atoms with E-state index in [1.54, 1.807) is 25.3 Å². The highest BCUT2D eigenvalue weighted by atomic mass is 16.3. The molecule has 0 bridgehead atoms. The van der Waals surface area contributed by atoms with Gasteiger partial charge in [0.05, 0.1) is 18.8 Å². The molecule has 1 unspecified atom stereocenters. The molecule has 0 spiro atoms. The van der Waals surface area contributed by atoms with E-state index in [0.717, 1.165) is 18.7 Å². The van der Waals surface area contributed by atoms with Crippen molar-refractivity contribution in [3.63, 3.8) is 0 Å². The zero-order chi connectivity index (χ0) is 13.5. The standard InChI is InChI=1S/C13H23N3O2/c1-4-7-16(10-13(17)15(2)3)11(9-14)12-6-5-8-18-12/h5-6,8,11H,4,7,9-10,14H2,1-3H3. The zero-order valence-corrected chi connectivity index (χ0v) is 11.4. The number of likely N-dealkylation sites (N-methyl/N-ethyl adjacent to an activating group) is 1. The van der Waals surface area contributed by atoms with Crippen LogP contribution < -0.4 is 5.73 Å². The summed E-state index contributed by atoms with van der Waals surface area (Å²) in [7, 11) is 3.52. The third-order valence-electron chi connectivity index (χ3n) is 2.88. The SMILES string of the molecule is CCCN(CC(=O)N(C)C)C(CN)c1ccco1. The van der Waals surface area contributed by atoms with Crippen molar-refractivity contribution in [2.45, 2.75) is 19.4 Å². The number of carbonyl (C=O) groups excluding carboxylic acids is 1. The molecule has 0 aliphatic carbocycles. The maximum Gasteiger partial charge on any atom is 0.236 e. The molecule has 5 nitrogen and oxygen atoms in total. The predicted molar refractivity (Wildman–Crippen MR) is 71.1 cm³/mol. The number of amides is 1.